The summed E-state index contributed by atoms with van der Waals surface area (Å²) in [6.07, 6.45) is 6.25. The van der Waals surface area contributed by atoms with Crippen molar-refractivity contribution in [2.24, 2.45) is 14.1 Å². The first kappa shape index (κ1) is 16.7. The van der Waals surface area contributed by atoms with Crippen molar-refractivity contribution in [1.29, 1.82) is 0 Å². The van der Waals surface area contributed by atoms with Gasteiger partial charge in [0.15, 0.2) is 0 Å². The minimum Gasteiger partial charge on any atom is -0.303 e. The lowest BCUT2D eigenvalue weighted by molar-refractivity contribution is 0.138. The van der Waals surface area contributed by atoms with Gasteiger partial charge in [-0.1, -0.05) is 36.8 Å². The number of aryl methyl sites for hydroxylation is 1. The summed E-state index contributed by atoms with van der Waals surface area (Å²) in [5.41, 5.74) is 1.58. The third-order valence-corrected chi connectivity index (χ3v) is 4.95. The zero-order valence-corrected chi connectivity index (χ0v) is 14.4. The van der Waals surface area contributed by atoms with Gasteiger partial charge in [-0.3, -0.25) is 14.3 Å². The van der Waals surface area contributed by atoms with Gasteiger partial charge >= 0.3 is 5.69 Å². The fourth-order valence-electron chi connectivity index (χ4n) is 3.60. The maximum atomic E-state index is 12.4. The van der Waals surface area contributed by atoms with Crippen molar-refractivity contribution in [2.75, 3.05) is 6.54 Å². The van der Waals surface area contributed by atoms with E-state index in [-0.39, 0.29) is 11.2 Å². The second kappa shape index (κ2) is 7.18. The van der Waals surface area contributed by atoms with E-state index in [9.17, 15) is 9.59 Å². The number of rotatable bonds is 4. The van der Waals surface area contributed by atoms with E-state index in [4.69, 9.17) is 0 Å². The first-order chi connectivity index (χ1) is 11.6. The van der Waals surface area contributed by atoms with Gasteiger partial charge in [0.2, 0.25) is 0 Å². The van der Waals surface area contributed by atoms with Gasteiger partial charge in [0.25, 0.3) is 5.56 Å². The van der Waals surface area contributed by atoms with Crippen molar-refractivity contribution in [1.82, 2.24) is 14.0 Å². The van der Waals surface area contributed by atoms with Gasteiger partial charge in [-0.05, 0) is 31.4 Å². The van der Waals surface area contributed by atoms with Gasteiger partial charge in [-0.15, -0.1) is 0 Å². The van der Waals surface area contributed by atoms with Crippen molar-refractivity contribution >= 4 is 0 Å². The minimum atomic E-state index is -0.275. The molecule has 5 heteroatoms. The van der Waals surface area contributed by atoms with Crippen LogP contribution in [0, 0.1) is 0 Å². The summed E-state index contributed by atoms with van der Waals surface area (Å²) in [6, 6.07) is 11.0. The molecule has 1 aliphatic heterocycles. The molecule has 1 aromatic heterocycles. The second-order valence-corrected chi connectivity index (χ2v) is 6.72. The number of hydrogen-bond donors (Lipinski definition) is 0. The molecule has 1 aliphatic rings. The summed E-state index contributed by atoms with van der Waals surface area (Å²) in [5, 5.41) is 0. The molecule has 1 fully saturated rings. The Morgan fingerprint density at radius 3 is 2.58 bits per heavy atom. The summed E-state index contributed by atoms with van der Waals surface area (Å²) in [6.45, 7) is 1.61. The monoisotopic (exact) mass is 327 g/mol. The van der Waals surface area contributed by atoms with E-state index in [0.29, 0.717) is 18.2 Å². The predicted molar refractivity (Wildman–Crippen MR) is 95.1 cm³/mol. The van der Waals surface area contributed by atoms with Gasteiger partial charge < -0.3 is 4.57 Å². The standard InChI is InChI=1S/C19H25N3O2/c1-20-13-16(18(23)21(2)19(20)24)14-22-11-7-6-10-17(22)12-15-8-4-3-5-9-15/h3-5,8-9,13,17H,6-7,10-12,14H2,1-2H3. The average molecular weight is 327 g/mol. The Bertz CT molecular complexity index is 808. The number of benzene rings is 1. The molecular weight excluding hydrogens is 302 g/mol. The maximum Gasteiger partial charge on any atom is 0.330 e. The fourth-order valence-corrected chi connectivity index (χ4v) is 3.60. The lowest BCUT2D eigenvalue weighted by Gasteiger charge is -2.35. The molecule has 0 bridgehead atoms. The molecule has 1 aromatic carbocycles. The largest absolute Gasteiger partial charge is 0.330 e. The summed E-state index contributed by atoms with van der Waals surface area (Å²) >= 11 is 0. The topological polar surface area (TPSA) is 47.2 Å². The molecule has 0 radical (unpaired) electrons. The van der Waals surface area contributed by atoms with Gasteiger partial charge in [-0.25, -0.2) is 4.79 Å². The van der Waals surface area contributed by atoms with Crippen LogP contribution in [0.2, 0.25) is 0 Å². The molecule has 2 aromatic rings. The highest BCUT2D eigenvalue weighted by Gasteiger charge is 2.24. The van der Waals surface area contributed by atoms with Crippen molar-refractivity contribution in [3.8, 4) is 0 Å². The van der Waals surface area contributed by atoms with Crippen molar-refractivity contribution in [3.63, 3.8) is 0 Å². The molecule has 3 rings (SSSR count). The maximum absolute atomic E-state index is 12.4. The first-order valence-corrected chi connectivity index (χ1v) is 8.60. The van der Waals surface area contributed by atoms with Crippen LogP contribution in [0.3, 0.4) is 0 Å². The molecule has 24 heavy (non-hydrogen) atoms. The van der Waals surface area contributed by atoms with E-state index in [0.717, 1.165) is 25.8 Å². The quantitative estimate of drug-likeness (QED) is 0.858. The molecule has 0 amide bonds. The molecule has 1 saturated heterocycles. The van der Waals surface area contributed by atoms with E-state index in [1.807, 2.05) is 6.07 Å². The second-order valence-electron chi connectivity index (χ2n) is 6.72. The van der Waals surface area contributed by atoms with Crippen LogP contribution in [-0.2, 0) is 27.1 Å². The van der Waals surface area contributed by atoms with Gasteiger partial charge in [0.1, 0.15) is 0 Å². The summed E-state index contributed by atoms with van der Waals surface area (Å²) in [7, 11) is 3.24. The zero-order chi connectivity index (χ0) is 17.1. The van der Waals surface area contributed by atoms with E-state index in [1.165, 1.54) is 21.1 Å². The lowest BCUT2D eigenvalue weighted by Crippen LogP contribution is -2.44. The van der Waals surface area contributed by atoms with Crippen molar-refractivity contribution < 1.29 is 0 Å². The van der Waals surface area contributed by atoms with Gasteiger partial charge in [0, 0.05) is 38.4 Å². The van der Waals surface area contributed by atoms with Crippen LogP contribution in [0.25, 0.3) is 0 Å². The number of piperidine rings is 1. The number of hydrogen-bond acceptors (Lipinski definition) is 3. The van der Waals surface area contributed by atoms with Crippen LogP contribution in [0.5, 0.6) is 0 Å². The Hall–Kier alpha value is -2.14. The summed E-state index contributed by atoms with van der Waals surface area (Å²) in [4.78, 5) is 26.7. The Morgan fingerprint density at radius 2 is 1.83 bits per heavy atom. The van der Waals surface area contributed by atoms with Crippen molar-refractivity contribution in [2.45, 2.75) is 38.3 Å². The molecule has 0 aliphatic carbocycles. The number of nitrogens with zero attached hydrogens (tertiary/aromatic N) is 3. The molecule has 0 spiro atoms. The molecule has 2 heterocycles. The van der Waals surface area contributed by atoms with Crippen LogP contribution >= 0.6 is 0 Å². The van der Waals surface area contributed by atoms with Crippen LogP contribution in [0.1, 0.15) is 30.4 Å². The highest BCUT2D eigenvalue weighted by Crippen LogP contribution is 2.22. The lowest BCUT2D eigenvalue weighted by atomic mass is 9.95. The summed E-state index contributed by atoms with van der Waals surface area (Å²) in [5.74, 6) is 0. The third-order valence-electron chi connectivity index (χ3n) is 4.95. The Morgan fingerprint density at radius 1 is 1.08 bits per heavy atom. The normalized spacial score (nSPS) is 18.7. The molecule has 5 nitrogen and oxygen atoms in total. The molecule has 0 saturated carbocycles. The zero-order valence-electron chi connectivity index (χ0n) is 14.4. The van der Waals surface area contributed by atoms with Crippen LogP contribution < -0.4 is 11.2 Å². The number of likely N-dealkylation sites (tertiary alicyclic amines) is 1. The summed E-state index contributed by atoms with van der Waals surface area (Å²) < 4.78 is 2.69. The van der Waals surface area contributed by atoms with Gasteiger partial charge in [0.05, 0.1) is 0 Å². The van der Waals surface area contributed by atoms with E-state index < -0.39 is 0 Å². The molecule has 1 unspecified atom stereocenters. The fraction of sp³-hybridized carbons (Fsp3) is 0.474. The number of aromatic nitrogens is 2. The Balaban J connectivity index is 1.82. The average Bonchev–Trinajstić information content (AvgIpc) is 2.60. The van der Waals surface area contributed by atoms with E-state index in [1.54, 1.807) is 20.3 Å². The Labute approximate surface area is 142 Å². The molecule has 128 valence electrons. The van der Waals surface area contributed by atoms with E-state index >= 15 is 0 Å². The highest BCUT2D eigenvalue weighted by molar-refractivity contribution is 5.16. The first-order valence-electron chi connectivity index (χ1n) is 8.60. The van der Waals surface area contributed by atoms with Crippen LogP contribution in [-0.4, -0.2) is 26.6 Å². The minimum absolute atomic E-state index is 0.179. The predicted octanol–water partition coefficient (Wildman–Crippen LogP) is 1.68. The Kier molecular flexibility index (Phi) is 5.00. The smallest absolute Gasteiger partial charge is 0.303 e. The van der Waals surface area contributed by atoms with Crippen LogP contribution in [0.15, 0.2) is 46.1 Å². The van der Waals surface area contributed by atoms with E-state index in [2.05, 4.69) is 29.2 Å². The van der Waals surface area contributed by atoms with Gasteiger partial charge in [-0.2, -0.15) is 0 Å². The SMILES string of the molecule is Cn1cc(CN2CCCCC2Cc2ccccc2)c(=O)n(C)c1=O. The van der Waals surface area contributed by atoms with Crippen molar-refractivity contribution in [3.05, 3.63) is 68.5 Å². The molecule has 1 atom stereocenters. The third kappa shape index (κ3) is 3.51. The molecule has 0 N–H and O–H groups in total. The van der Waals surface area contributed by atoms with Crippen LogP contribution in [0.4, 0.5) is 0 Å². The molecular formula is C19H25N3O2. The highest BCUT2D eigenvalue weighted by atomic mass is 16.2.